The van der Waals surface area contributed by atoms with Crippen molar-refractivity contribution in [2.45, 2.75) is 6.92 Å². The first-order valence-corrected chi connectivity index (χ1v) is 11.1. The molecule has 0 saturated carbocycles. The molecule has 2 N–H and O–H groups in total. The number of carbonyl (C=O) groups excluding carboxylic acids is 2. The Balaban J connectivity index is 1.98. The van der Waals surface area contributed by atoms with Gasteiger partial charge < -0.3 is 19.7 Å². The van der Waals surface area contributed by atoms with Crippen LogP contribution in [0.4, 0.5) is 5.69 Å². The highest BCUT2D eigenvalue weighted by Crippen LogP contribution is 2.46. The molecule has 0 aliphatic carbocycles. The first kappa shape index (κ1) is 25.0. The van der Waals surface area contributed by atoms with Crippen LogP contribution < -0.4 is 4.74 Å². The molecular weight excluding hydrogens is 480 g/mol. The Hall–Kier alpha value is -5.12. The zero-order valence-corrected chi connectivity index (χ0v) is 19.9. The Morgan fingerprint density at radius 2 is 1.57 bits per heavy atom. The van der Waals surface area contributed by atoms with Crippen LogP contribution in [-0.4, -0.2) is 45.2 Å². The first-order valence-electron chi connectivity index (χ1n) is 11.1. The number of ether oxygens (including phenoxy) is 2. The molecule has 0 saturated heterocycles. The minimum Gasteiger partial charge on any atom is -0.503 e. The molecule has 37 heavy (non-hydrogen) atoms. The topological polar surface area (TPSA) is 141 Å². The van der Waals surface area contributed by atoms with Gasteiger partial charge >= 0.3 is 5.97 Å². The Morgan fingerprint density at radius 1 is 0.946 bits per heavy atom. The summed E-state index contributed by atoms with van der Waals surface area (Å²) in [6.45, 7) is 1.86. The molecule has 188 valence electrons. The van der Waals surface area contributed by atoms with Gasteiger partial charge in [0, 0.05) is 17.3 Å². The summed E-state index contributed by atoms with van der Waals surface area (Å²) in [5.41, 5.74) is -0.127. The third kappa shape index (κ3) is 4.59. The number of esters is 1. The van der Waals surface area contributed by atoms with Gasteiger partial charge in [0.05, 0.1) is 41.0 Å². The van der Waals surface area contributed by atoms with Crippen molar-refractivity contribution in [3.8, 4) is 34.3 Å². The van der Waals surface area contributed by atoms with Gasteiger partial charge in [0.2, 0.25) is 5.88 Å². The van der Waals surface area contributed by atoms with Gasteiger partial charge in [0.25, 0.3) is 5.69 Å². The van der Waals surface area contributed by atoms with E-state index in [-0.39, 0.29) is 45.9 Å². The van der Waals surface area contributed by atoms with E-state index in [4.69, 9.17) is 9.47 Å². The summed E-state index contributed by atoms with van der Waals surface area (Å²) in [4.78, 5) is 36.9. The second-order valence-corrected chi connectivity index (χ2v) is 7.83. The number of rotatable bonds is 8. The number of aromatic hydroxyl groups is 2. The number of nitro groups is 1. The Morgan fingerprint density at radius 3 is 2.16 bits per heavy atom. The smallest absolute Gasteiger partial charge is 0.338 e. The van der Waals surface area contributed by atoms with E-state index >= 15 is 0 Å². The van der Waals surface area contributed by atoms with Crippen molar-refractivity contribution in [1.82, 2.24) is 4.57 Å². The molecule has 0 unspecified atom stereocenters. The molecule has 10 nitrogen and oxygen atoms in total. The lowest BCUT2D eigenvalue weighted by molar-refractivity contribution is -0.384. The highest BCUT2D eigenvalue weighted by atomic mass is 16.6. The second kappa shape index (κ2) is 10.2. The van der Waals surface area contributed by atoms with Crippen molar-refractivity contribution >= 4 is 17.4 Å². The zero-order chi connectivity index (χ0) is 26.7. The van der Waals surface area contributed by atoms with Crippen molar-refractivity contribution in [3.05, 3.63) is 99.6 Å². The molecule has 0 bridgehead atoms. The van der Waals surface area contributed by atoms with Gasteiger partial charge in [0.1, 0.15) is 5.75 Å². The summed E-state index contributed by atoms with van der Waals surface area (Å²) < 4.78 is 11.2. The molecule has 0 aliphatic heterocycles. The minimum atomic E-state index is -0.747. The summed E-state index contributed by atoms with van der Waals surface area (Å²) >= 11 is 0. The maximum Gasteiger partial charge on any atom is 0.338 e. The number of ketones is 1. The van der Waals surface area contributed by atoms with Gasteiger partial charge in [0.15, 0.2) is 11.5 Å². The fourth-order valence-electron chi connectivity index (χ4n) is 3.95. The number of aromatic nitrogens is 1. The van der Waals surface area contributed by atoms with Crippen molar-refractivity contribution < 1.29 is 34.2 Å². The third-order valence-electron chi connectivity index (χ3n) is 5.69. The average Bonchev–Trinajstić information content (AvgIpc) is 3.18. The summed E-state index contributed by atoms with van der Waals surface area (Å²) in [7, 11) is 1.47. The molecule has 0 aliphatic rings. The largest absolute Gasteiger partial charge is 0.503 e. The molecule has 0 radical (unpaired) electrons. The van der Waals surface area contributed by atoms with Gasteiger partial charge in [-0.2, -0.15) is 0 Å². The van der Waals surface area contributed by atoms with Crippen LogP contribution in [0.5, 0.6) is 17.4 Å². The zero-order valence-electron chi connectivity index (χ0n) is 19.9. The van der Waals surface area contributed by atoms with Crippen molar-refractivity contribution in [1.29, 1.82) is 0 Å². The third-order valence-corrected chi connectivity index (χ3v) is 5.69. The molecule has 0 fully saturated rings. The molecule has 4 aromatic rings. The van der Waals surface area contributed by atoms with Crippen molar-refractivity contribution in [2.24, 2.45) is 0 Å². The van der Waals surface area contributed by atoms with E-state index in [1.165, 1.54) is 61.7 Å². The number of hydrogen-bond acceptors (Lipinski definition) is 8. The van der Waals surface area contributed by atoms with Crippen LogP contribution >= 0.6 is 0 Å². The van der Waals surface area contributed by atoms with E-state index in [0.717, 1.165) is 4.57 Å². The number of methoxy groups -OCH3 is 1. The monoisotopic (exact) mass is 502 g/mol. The SMILES string of the molecule is CCOC(=O)c1ccc(-n2c(O)c(O)c(C(=O)c3ccc(OC)cc3)c2-c2ccccc2[N+](=O)[O-])cc1. The summed E-state index contributed by atoms with van der Waals surface area (Å²) in [5.74, 6) is -2.17. The van der Waals surface area contributed by atoms with E-state index in [2.05, 4.69) is 0 Å². The Kier molecular flexibility index (Phi) is 6.92. The van der Waals surface area contributed by atoms with Gasteiger partial charge in [-0.1, -0.05) is 12.1 Å². The number of nitro benzene ring substituents is 1. The van der Waals surface area contributed by atoms with E-state index in [9.17, 15) is 29.9 Å². The number of para-hydroxylation sites is 1. The van der Waals surface area contributed by atoms with Gasteiger partial charge in [-0.25, -0.2) is 4.79 Å². The molecule has 1 heterocycles. The van der Waals surface area contributed by atoms with Crippen LogP contribution in [0, 0.1) is 10.1 Å². The molecular formula is C27H22N2O8. The maximum atomic E-state index is 13.6. The lowest BCUT2D eigenvalue weighted by Gasteiger charge is -2.13. The lowest BCUT2D eigenvalue weighted by atomic mass is 9.98. The standard InChI is InChI=1S/C27H22N2O8/c1-3-37-27(33)17-8-12-18(13-9-17)28-23(20-6-4-5-7-21(20)29(34)35)22(25(31)26(28)32)24(30)16-10-14-19(36-2)15-11-16/h4-15,31-32H,3H2,1-2H3. The van der Waals surface area contributed by atoms with Crippen molar-refractivity contribution in [2.75, 3.05) is 13.7 Å². The van der Waals surface area contributed by atoms with Crippen molar-refractivity contribution in [3.63, 3.8) is 0 Å². The fourth-order valence-corrected chi connectivity index (χ4v) is 3.95. The molecule has 4 rings (SSSR count). The number of carbonyl (C=O) groups is 2. The first-order chi connectivity index (χ1) is 17.8. The maximum absolute atomic E-state index is 13.6. The summed E-state index contributed by atoms with van der Waals surface area (Å²) in [6.07, 6.45) is 0. The minimum absolute atomic E-state index is 0.00516. The average molecular weight is 502 g/mol. The van der Waals surface area contributed by atoms with Gasteiger partial charge in [-0.05, 0) is 61.5 Å². The molecule has 0 amide bonds. The normalized spacial score (nSPS) is 10.6. The Labute approximate surface area is 211 Å². The van der Waals surface area contributed by atoms with E-state index in [1.54, 1.807) is 25.1 Å². The number of hydrogen-bond donors (Lipinski definition) is 2. The number of benzene rings is 3. The quantitative estimate of drug-likeness (QED) is 0.150. The molecule has 0 spiro atoms. The van der Waals surface area contributed by atoms with E-state index < -0.39 is 28.3 Å². The Bertz CT molecular complexity index is 1490. The van der Waals surface area contributed by atoms with E-state index in [1.807, 2.05) is 0 Å². The van der Waals surface area contributed by atoms with Crippen LogP contribution in [0.1, 0.15) is 33.2 Å². The molecule has 10 heteroatoms. The summed E-state index contributed by atoms with van der Waals surface area (Å²) in [6, 6.07) is 17.6. The lowest BCUT2D eigenvalue weighted by Crippen LogP contribution is -2.07. The predicted octanol–water partition coefficient (Wildman–Crippen LogP) is 4.88. The van der Waals surface area contributed by atoms with Gasteiger partial charge in [-0.3, -0.25) is 19.5 Å². The second-order valence-electron chi connectivity index (χ2n) is 7.83. The highest BCUT2D eigenvalue weighted by Gasteiger charge is 2.33. The van der Waals surface area contributed by atoms with Crippen LogP contribution in [-0.2, 0) is 4.74 Å². The van der Waals surface area contributed by atoms with Crippen LogP contribution in [0.25, 0.3) is 16.9 Å². The molecule has 1 aromatic heterocycles. The van der Waals surface area contributed by atoms with Crippen LogP contribution in [0.2, 0.25) is 0 Å². The molecule has 3 aromatic carbocycles. The summed E-state index contributed by atoms with van der Waals surface area (Å²) in [5, 5.41) is 33.8. The predicted molar refractivity (Wildman–Crippen MR) is 134 cm³/mol. The highest BCUT2D eigenvalue weighted by molar-refractivity contribution is 6.15. The fraction of sp³-hybridized carbons (Fsp3) is 0.111. The van der Waals surface area contributed by atoms with E-state index in [0.29, 0.717) is 5.75 Å². The van der Waals surface area contributed by atoms with Gasteiger partial charge in [-0.15, -0.1) is 0 Å². The molecule has 0 atom stereocenters. The van der Waals surface area contributed by atoms with Crippen LogP contribution in [0.3, 0.4) is 0 Å². The number of nitrogens with zero attached hydrogens (tertiary/aromatic N) is 2. The van der Waals surface area contributed by atoms with Crippen LogP contribution in [0.15, 0.2) is 72.8 Å².